The summed E-state index contributed by atoms with van der Waals surface area (Å²) < 4.78 is 5.22. The lowest BCUT2D eigenvalue weighted by molar-refractivity contribution is 0.336. The first-order valence-electron chi connectivity index (χ1n) is 3.62. The predicted octanol–water partition coefficient (Wildman–Crippen LogP) is 3.00. The van der Waals surface area contributed by atoms with E-state index in [1.807, 2.05) is 13.8 Å². The van der Waals surface area contributed by atoms with Gasteiger partial charge in [-0.2, -0.15) is 0 Å². The summed E-state index contributed by atoms with van der Waals surface area (Å²) in [5.41, 5.74) is 0. The summed E-state index contributed by atoms with van der Waals surface area (Å²) in [6.07, 6.45) is 1.77. The van der Waals surface area contributed by atoms with E-state index < -0.39 is 8.32 Å². The van der Waals surface area contributed by atoms with E-state index in [9.17, 15) is 0 Å². The van der Waals surface area contributed by atoms with Crippen molar-refractivity contribution < 1.29 is 4.53 Å². The molecule has 0 saturated carbocycles. The van der Waals surface area contributed by atoms with Gasteiger partial charge < -0.3 is 4.53 Å². The molecule has 0 fully saturated rings. The third-order valence-electron chi connectivity index (χ3n) is 0.686. The van der Waals surface area contributed by atoms with Crippen LogP contribution in [0, 0.1) is 0 Å². The minimum Gasteiger partial charge on any atom is -0.456 e. The highest BCUT2D eigenvalue weighted by Crippen LogP contribution is 2.12. The molecule has 4 heteroatoms. The van der Waals surface area contributed by atoms with Crippen molar-refractivity contribution in [2.45, 2.75) is 37.8 Å². The molecular formula is C7H16BrNOSi. The SMILES string of the molecule is CC(C)(Br)/C=N/O[Si](C)(C)C. The maximum absolute atomic E-state index is 5.28. The topological polar surface area (TPSA) is 21.6 Å². The van der Waals surface area contributed by atoms with Gasteiger partial charge in [0, 0.05) is 0 Å². The molecular weight excluding hydrogens is 222 g/mol. The molecule has 0 N–H and O–H groups in total. The van der Waals surface area contributed by atoms with Gasteiger partial charge in [-0.25, -0.2) is 0 Å². The predicted molar refractivity (Wildman–Crippen MR) is 55.9 cm³/mol. The van der Waals surface area contributed by atoms with E-state index in [4.69, 9.17) is 4.53 Å². The van der Waals surface area contributed by atoms with Crippen LogP contribution in [0.1, 0.15) is 13.8 Å². The second kappa shape index (κ2) is 3.71. The fraction of sp³-hybridized carbons (Fsp3) is 0.857. The van der Waals surface area contributed by atoms with Crippen LogP contribution < -0.4 is 0 Å². The van der Waals surface area contributed by atoms with Gasteiger partial charge >= 0.3 is 0 Å². The van der Waals surface area contributed by atoms with Crippen molar-refractivity contribution in [3.05, 3.63) is 0 Å². The van der Waals surface area contributed by atoms with E-state index in [0.29, 0.717) is 0 Å². The monoisotopic (exact) mass is 237 g/mol. The minimum atomic E-state index is -1.48. The van der Waals surface area contributed by atoms with Crippen molar-refractivity contribution in [3.63, 3.8) is 0 Å². The molecule has 0 heterocycles. The van der Waals surface area contributed by atoms with Gasteiger partial charge in [-0.3, -0.25) is 0 Å². The number of nitrogens with zero attached hydrogens (tertiary/aromatic N) is 1. The van der Waals surface area contributed by atoms with E-state index in [2.05, 4.69) is 40.7 Å². The molecule has 0 spiro atoms. The zero-order valence-electron chi connectivity index (χ0n) is 7.81. The Bertz CT molecular complexity index is 146. The van der Waals surface area contributed by atoms with Crippen molar-refractivity contribution in [3.8, 4) is 0 Å². The Labute approximate surface area is 78.3 Å². The van der Waals surface area contributed by atoms with Crippen LogP contribution in [-0.4, -0.2) is 18.9 Å². The molecule has 0 radical (unpaired) electrons. The quantitative estimate of drug-likeness (QED) is 0.320. The maximum atomic E-state index is 5.28. The van der Waals surface area contributed by atoms with Gasteiger partial charge in [0.05, 0.1) is 10.5 Å². The first-order chi connectivity index (χ1) is 4.71. The van der Waals surface area contributed by atoms with E-state index in [0.717, 1.165) is 0 Å². The highest BCUT2D eigenvalue weighted by molar-refractivity contribution is 9.10. The molecule has 0 aliphatic heterocycles. The zero-order valence-corrected chi connectivity index (χ0v) is 10.4. The number of alkyl halides is 1. The smallest absolute Gasteiger partial charge is 0.278 e. The van der Waals surface area contributed by atoms with E-state index >= 15 is 0 Å². The second-order valence-corrected chi connectivity index (χ2v) is 10.5. The van der Waals surface area contributed by atoms with Crippen LogP contribution in [-0.2, 0) is 4.53 Å². The molecule has 11 heavy (non-hydrogen) atoms. The molecule has 0 aromatic rings. The third-order valence-corrected chi connectivity index (χ3v) is 1.54. The van der Waals surface area contributed by atoms with Gasteiger partial charge in [0.15, 0.2) is 0 Å². The lowest BCUT2D eigenvalue weighted by Gasteiger charge is -2.14. The Morgan fingerprint density at radius 2 is 1.82 bits per heavy atom. The largest absolute Gasteiger partial charge is 0.456 e. The molecule has 0 saturated heterocycles. The fourth-order valence-electron chi connectivity index (χ4n) is 0.310. The molecule has 0 aliphatic carbocycles. The lowest BCUT2D eigenvalue weighted by Crippen LogP contribution is -2.23. The van der Waals surface area contributed by atoms with E-state index in [1.54, 1.807) is 6.21 Å². The number of hydrogen-bond donors (Lipinski definition) is 0. The number of halogens is 1. The van der Waals surface area contributed by atoms with Gasteiger partial charge in [0.2, 0.25) is 0 Å². The van der Waals surface area contributed by atoms with Crippen molar-refractivity contribution in [2.24, 2.45) is 5.16 Å². The molecule has 0 aliphatic rings. The van der Waals surface area contributed by atoms with Crippen LogP contribution in [0.2, 0.25) is 19.6 Å². The van der Waals surface area contributed by atoms with Gasteiger partial charge in [-0.15, -0.1) is 5.16 Å². The van der Waals surface area contributed by atoms with Crippen molar-refractivity contribution in [1.29, 1.82) is 0 Å². The van der Waals surface area contributed by atoms with E-state index in [1.165, 1.54) is 0 Å². The molecule has 0 unspecified atom stereocenters. The van der Waals surface area contributed by atoms with E-state index in [-0.39, 0.29) is 4.32 Å². The first-order valence-corrected chi connectivity index (χ1v) is 7.82. The van der Waals surface area contributed by atoms with Crippen LogP contribution in [0.15, 0.2) is 5.16 Å². The molecule has 0 aromatic heterocycles. The van der Waals surface area contributed by atoms with Gasteiger partial charge in [-0.1, -0.05) is 15.9 Å². The summed E-state index contributed by atoms with van der Waals surface area (Å²) in [6.45, 7) is 10.3. The first kappa shape index (κ1) is 11.2. The van der Waals surface area contributed by atoms with Crippen LogP contribution in [0.25, 0.3) is 0 Å². The summed E-state index contributed by atoms with van der Waals surface area (Å²) in [6, 6.07) is 0. The van der Waals surface area contributed by atoms with Gasteiger partial charge in [0.25, 0.3) is 8.32 Å². The van der Waals surface area contributed by atoms with Crippen LogP contribution in [0.4, 0.5) is 0 Å². The van der Waals surface area contributed by atoms with Crippen LogP contribution in [0.3, 0.4) is 0 Å². The standard InChI is InChI=1S/C7H16BrNOSi/c1-7(2,8)6-9-10-11(3,4)5/h6H,1-5H3/b9-6+. The molecule has 0 aromatic carbocycles. The number of oxime groups is 1. The summed E-state index contributed by atoms with van der Waals surface area (Å²) in [7, 11) is -1.48. The third kappa shape index (κ3) is 10.2. The number of hydrogen-bond acceptors (Lipinski definition) is 2. The van der Waals surface area contributed by atoms with Gasteiger partial charge in [0.1, 0.15) is 0 Å². The molecule has 0 amide bonds. The Kier molecular flexibility index (Phi) is 3.77. The van der Waals surface area contributed by atoms with Crippen LogP contribution >= 0.6 is 15.9 Å². The van der Waals surface area contributed by atoms with Crippen molar-refractivity contribution in [2.75, 3.05) is 0 Å². The summed E-state index contributed by atoms with van der Waals surface area (Å²) in [5.74, 6) is 0. The number of rotatable bonds is 3. The van der Waals surface area contributed by atoms with Crippen molar-refractivity contribution >= 4 is 30.5 Å². The maximum Gasteiger partial charge on any atom is 0.278 e. The second-order valence-electron chi connectivity index (χ2n) is 4.00. The lowest BCUT2D eigenvalue weighted by atomic mass is 10.2. The highest BCUT2D eigenvalue weighted by atomic mass is 79.9. The zero-order chi connectivity index (χ0) is 9.12. The molecule has 0 bridgehead atoms. The molecule has 2 nitrogen and oxygen atoms in total. The van der Waals surface area contributed by atoms with Gasteiger partial charge in [-0.05, 0) is 33.5 Å². The average Bonchev–Trinajstić information content (AvgIpc) is 1.55. The molecule has 0 atom stereocenters. The average molecular weight is 238 g/mol. The fourth-order valence-corrected chi connectivity index (χ4v) is 0.762. The Morgan fingerprint density at radius 1 is 1.36 bits per heavy atom. The highest BCUT2D eigenvalue weighted by Gasteiger charge is 2.16. The Hall–Kier alpha value is 0.167. The van der Waals surface area contributed by atoms with Crippen molar-refractivity contribution in [1.82, 2.24) is 0 Å². The van der Waals surface area contributed by atoms with Crippen LogP contribution in [0.5, 0.6) is 0 Å². The Morgan fingerprint density at radius 3 is 2.09 bits per heavy atom. The summed E-state index contributed by atoms with van der Waals surface area (Å²) >= 11 is 3.43. The Balaban J connectivity index is 3.80. The normalized spacial score (nSPS) is 14.0. The summed E-state index contributed by atoms with van der Waals surface area (Å²) in [5, 5.41) is 3.90. The molecule has 66 valence electrons. The molecule has 0 rings (SSSR count). The minimum absolute atomic E-state index is 0.0628. The summed E-state index contributed by atoms with van der Waals surface area (Å²) in [4.78, 5) is 0.